The monoisotopic (exact) mass is 619 g/mol. The average Bonchev–Trinajstić information content (AvgIpc) is 2.83. The zero-order valence-corrected chi connectivity index (χ0v) is 21.7. The molecule has 2 aromatic heterocycles. The minimum Gasteiger partial charge on any atom is -0.453 e. The summed E-state index contributed by atoms with van der Waals surface area (Å²) < 4.78 is 36.7. The van der Waals surface area contributed by atoms with Gasteiger partial charge in [-0.25, -0.2) is 23.1 Å². The topological polar surface area (TPSA) is 135 Å². The van der Waals surface area contributed by atoms with Gasteiger partial charge in [-0.2, -0.15) is 0 Å². The Kier molecular flexibility index (Phi) is 7.12. The predicted octanol–water partition coefficient (Wildman–Crippen LogP) is 4.00. The number of hydrogen-bond acceptors (Lipinski definition) is 6. The molecule has 0 bridgehead atoms. The first-order valence-corrected chi connectivity index (χ1v) is 11.9. The van der Waals surface area contributed by atoms with E-state index in [9.17, 15) is 18.8 Å². The molecule has 2 aromatic carbocycles. The number of ether oxygens (including phenoxy) is 1. The molecular weight excluding hydrogens is 599 g/mol. The normalized spacial score (nSPS) is 11.1. The van der Waals surface area contributed by atoms with Gasteiger partial charge in [0.05, 0.1) is 15.0 Å². The minimum atomic E-state index is -1.12. The Morgan fingerprint density at radius 3 is 2.32 bits per heavy atom. The van der Waals surface area contributed by atoms with Gasteiger partial charge in [0.25, 0.3) is 11.5 Å². The van der Waals surface area contributed by atoms with Crippen LogP contribution in [0.2, 0.25) is 0 Å². The highest BCUT2D eigenvalue weighted by molar-refractivity contribution is 14.1. The second-order valence-electron chi connectivity index (χ2n) is 8.21. The van der Waals surface area contributed by atoms with Gasteiger partial charge in [-0.15, -0.1) is 0 Å². The van der Waals surface area contributed by atoms with E-state index < -0.39 is 40.4 Å². The fourth-order valence-electron chi connectivity index (χ4n) is 3.80. The lowest BCUT2D eigenvalue weighted by atomic mass is 10.0. The van der Waals surface area contributed by atoms with Crippen molar-refractivity contribution in [3.63, 3.8) is 0 Å². The number of pyridine rings is 1. The molecule has 0 aliphatic heterocycles. The molecule has 0 aliphatic rings. The number of nitrogens with zero attached hydrogens (tertiary/aromatic N) is 3. The zero-order valence-electron chi connectivity index (χ0n) is 19.5. The molecule has 1 amide bonds. The van der Waals surface area contributed by atoms with E-state index in [-0.39, 0.29) is 34.3 Å². The Hall–Kier alpha value is -4.07. The van der Waals surface area contributed by atoms with Crippen molar-refractivity contribution in [2.45, 2.75) is 19.9 Å². The summed E-state index contributed by atoms with van der Waals surface area (Å²) in [7, 11) is 0. The zero-order chi connectivity index (χ0) is 27.0. The second kappa shape index (κ2) is 10.1. The summed E-state index contributed by atoms with van der Waals surface area (Å²) in [6.07, 6.45) is 1.41. The van der Waals surface area contributed by atoms with Crippen molar-refractivity contribution >= 4 is 34.3 Å². The molecule has 0 atom stereocenters. The van der Waals surface area contributed by atoms with Gasteiger partial charge in [0.1, 0.15) is 22.9 Å². The fraction of sp³-hybridized carbons (Fsp3) is 0.120. The maximum atomic E-state index is 15.2. The average molecular weight is 619 g/mol. The molecule has 2 heterocycles. The molecule has 12 heteroatoms. The van der Waals surface area contributed by atoms with Gasteiger partial charge < -0.3 is 16.2 Å². The van der Waals surface area contributed by atoms with Crippen LogP contribution >= 0.6 is 22.6 Å². The molecule has 0 aliphatic carbocycles. The highest BCUT2D eigenvalue weighted by atomic mass is 127. The van der Waals surface area contributed by atoms with Crippen molar-refractivity contribution < 1.29 is 18.3 Å². The lowest BCUT2D eigenvalue weighted by Gasteiger charge is -2.21. The molecule has 190 valence electrons. The van der Waals surface area contributed by atoms with Crippen LogP contribution in [0.1, 0.15) is 30.2 Å². The number of benzene rings is 2. The van der Waals surface area contributed by atoms with E-state index in [1.165, 1.54) is 36.5 Å². The predicted molar refractivity (Wildman–Crippen MR) is 142 cm³/mol. The summed E-state index contributed by atoms with van der Waals surface area (Å²) in [5.41, 5.74) is 8.95. The Balaban J connectivity index is 1.94. The van der Waals surface area contributed by atoms with Crippen molar-refractivity contribution in [3.05, 3.63) is 96.3 Å². The van der Waals surface area contributed by atoms with Crippen LogP contribution in [0.3, 0.4) is 0 Å². The Bertz CT molecular complexity index is 1650. The van der Waals surface area contributed by atoms with Gasteiger partial charge >= 0.3 is 5.69 Å². The maximum absolute atomic E-state index is 15.2. The van der Waals surface area contributed by atoms with E-state index >= 15 is 4.39 Å². The molecule has 0 spiro atoms. The van der Waals surface area contributed by atoms with Crippen LogP contribution in [-0.2, 0) is 0 Å². The van der Waals surface area contributed by atoms with Gasteiger partial charge in [-0.1, -0.05) is 0 Å². The number of hydrogen-bond donors (Lipinski definition) is 2. The molecular formula is C25H20F2IN5O4. The number of rotatable bonds is 6. The molecule has 0 saturated carbocycles. The van der Waals surface area contributed by atoms with Crippen molar-refractivity contribution in [1.82, 2.24) is 14.1 Å². The van der Waals surface area contributed by atoms with Gasteiger partial charge in [0.15, 0.2) is 11.6 Å². The summed E-state index contributed by atoms with van der Waals surface area (Å²) in [4.78, 5) is 43.3. The SMILES string of the molecule is CC(C)n1c(-c2ccc(Oc3ccnc(N)c3I)c(F)c2)c(C(N)=O)c(=O)n(-c2ccc(F)cc2)c1=O. The fourth-order valence-corrected chi connectivity index (χ4v) is 4.22. The number of aromatic nitrogens is 3. The Morgan fingerprint density at radius 1 is 1.05 bits per heavy atom. The first-order chi connectivity index (χ1) is 17.5. The van der Waals surface area contributed by atoms with Crippen LogP contribution < -0.4 is 27.5 Å². The molecule has 37 heavy (non-hydrogen) atoms. The second-order valence-corrected chi connectivity index (χ2v) is 9.29. The number of carbonyl (C=O) groups is 1. The van der Waals surface area contributed by atoms with E-state index in [2.05, 4.69) is 4.98 Å². The third kappa shape index (κ3) is 4.83. The minimum absolute atomic E-state index is 0.0426. The first-order valence-electron chi connectivity index (χ1n) is 10.9. The van der Waals surface area contributed by atoms with Crippen molar-refractivity contribution in [3.8, 4) is 28.4 Å². The third-order valence-corrected chi connectivity index (χ3v) is 6.53. The number of nitrogen functional groups attached to an aromatic ring is 1. The number of halogens is 3. The molecule has 9 nitrogen and oxygen atoms in total. The molecule has 4 aromatic rings. The van der Waals surface area contributed by atoms with Crippen LogP contribution in [-0.4, -0.2) is 20.0 Å². The quantitative estimate of drug-likeness (QED) is 0.314. The van der Waals surface area contributed by atoms with E-state index in [1.807, 2.05) is 22.6 Å². The van der Waals surface area contributed by atoms with Gasteiger partial charge in [-0.3, -0.25) is 14.2 Å². The number of carbonyl (C=O) groups excluding carboxylic acids is 1. The van der Waals surface area contributed by atoms with E-state index in [0.29, 0.717) is 3.57 Å². The number of nitrogens with two attached hydrogens (primary N) is 2. The number of amides is 1. The largest absolute Gasteiger partial charge is 0.453 e. The molecule has 4 N–H and O–H groups in total. The summed E-state index contributed by atoms with van der Waals surface area (Å²) >= 11 is 1.92. The summed E-state index contributed by atoms with van der Waals surface area (Å²) in [5.74, 6) is -2.19. The van der Waals surface area contributed by atoms with E-state index in [0.717, 1.165) is 27.3 Å². The van der Waals surface area contributed by atoms with Crippen LogP contribution in [0.25, 0.3) is 16.9 Å². The standard InChI is InChI=1S/C25H20F2IN5O4/c1-12(2)32-21(13-3-8-17(16(27)11-13)37-18-9-10-31-22(29)20(18)28)19(23(30)34)24(35)33(25(32)36)15-6-4-14(26)5-7-15/h3-12H,1-2H3,(H2,29,31)(H2,30,34). The molecule has 0 unspecified atom stereocenters. The number of anilines is 1. The summed E-state index contributed by atoms with van der Waals surface area (Å²) in [5, 5.41) is 0. The van der Waals surface area contributed by atoms with E-state index in [4.69, 9.17) is 16.2 Å². The Labute approximate surface area is 222 Å². The lowest BCUT2D eigenvalue weighted by Crippen LogP contribution is -2.44. The number of primary amides is 1. The lowest BCUT2D eigenvalue weighted by molar-refractivity contribution is 0.0998. The van der Waals surface area contributed by atoms with Crippen LogP contribution in [0, 0.1) is 15.2 Å². The van der Waals surface area contributed by atoms with Crippen molar-refractivity contribution in [1.29, 1.82) is 0 Å². The van der Waals surface area contributed by atoms with Crippen molar-refractivity contribution in [2.24, 2.45) is 5.73 Å². The molecule has 0 saturated heterocycles. The van der Waals surface area contributed by atoms with Crippen LogP contribution in [0.5, 0.6) is 11.5 Å². The third-order valence-electron chi connectivity index (χ3n) is 5.45. The maximum Gasteiger partial charge on any atom is 0.336 e. The van der Waals surface area contributed by atoms with Gasteiger partial charge in [0, 0.05) is 23.9 Å². The highest BCUT2D eigenvalue weighted by Crippen LogP contribution is 2.33. The summed E-state index contributed by atoms with van der Waals surface area (Å²) in [6.45, 7) is 3.30. The van der Waals surface area contributed by atoms with Gasteiger partial charge in [-0.05, 0) is 78.9 Å². The van der Waals surface area contributed by atoms with Gasteiger partial charge in [0.2, 0.25) is 0 Å². The highest BCUT2D eigenvalue weighted by Gasteiger charge is 2.26. The van der Waals surface area contributed by atoms with E-state index in [1.54, 1.807) is 13.8 Å². The molecule has 0 radical (unpaired) electrons. The van der Waals surface area contributed by atoms with Crippen LogP contribution in [0.15, 0.2) is 64.3 Å². The molecule has 0 fully saturated rings. The summed E-state index contributed by atoms with van der Waals surface area (Å²) in [6, 6.07) is 9.28. The van der Waals surface area contributed by atoms with Crippen LogP contribution in [0.4, 0.5) is 14.6 Å². The smallest absolute Gasteiger partial charge is 0.336 e. The molecule has 4 rings (SSSR count). The first kappa shape index (κ1) is 26.0. The van der Waals surface area contributed by atoms with Crippen molar-refractivity contribution in [2.75, 3.05) is 5.73 Å². The Morgan fingerprint density at radius 2 is 1.73 bits per heavy atom.